The van der Waals surface area contributed by atoms with Crippen molar-refractivity contribution in [3.05, 3.63) is 28.3 Å². The summed E-state index contributed by atoms with van der Waals surface area (Å²) < 4.78 is 5.30. The molecule has 3 N–H and O–H groups in total. The molecule has 0 saturated heterocycles. The van der Waals surface area contributed by atoms with Crippen LogP contribution < -0.4 is 15.6 Å². The van der Waals surface area contributed by atoms with E-state index < -0.39 is 17.8 Å². The summed E-state index contributed by atoms with van der Waals surface area (Å²) in [5.41, 5.74) is 5.90. The lowest BCUT2D eigenvalue weighted by atomic mass is 10.1. The Morgan fingerprint density at radius 2 is 1.64 bits per heavy atom. The molecule has 0 spiro atoms. The zero-order chi connectivity index (χ0) is 16.7. The Balaban J connectivity index is 2.37. The summed E-state index contributed by atoms with van der Waals surface area (Å²) in [6.45, 7) is 3.36. The van der Waals surface area contributed by atoms with Crippen LogP contribution in [0, 0.1) is 13.8 Å². The van der Waals surface area contributed by atoms with Gasteiger partial charge in [-0.15, -0.1) is 0 Å². The first kappa shape index (κ1) is 17.8. The Kier molecular flexibility index (Phi) is 6.65. The third-order valence-corrected chi connectivity index (χ3v) is 3.28. The van der Waals surface area contributed by atoms with Crippen LogP contribution in [0.1, 0.15) is 24.0 Å². The predicted octanol–water partition coefficient (Wildman–Crippen LogP) is 1.35. The highest BCUT2D eigenvalue weighted by molar-refractivity contribution is 6.32. The first-order valence-electron chi connectivity index (χ1n) is 6.48. The molecule has 2 amide bonds. The van der Waals surface area contributed by atoms with E-state index in [1.807, 2.05) is 13.8 Å². The van der Waals surface area contributed by atoms with Crippen LogP contribution >= 0.6 is 11.6 Å². The van der Waals surface area contributed by atoms with Crippen LogP contribution in [-0.4, -0.2) is 29.5 Å². The van der Waals surface area contributed by atoms with Crippen molar-refractivity contribution in [1.82, 2.24) is 10.9 Å². The maximum atomic E-state index is 11.5. The summed E-state index contributed by atoms with van der Waals surface area (Å²) >= 11 is 6.02. The molecular formula is C14H17ClN2O5. The minimum absolute atomic E-state index is 0.216. The number of hydrogen-bond acceptors (Lipinski definition) is 4. The number of hydrazine groups is 1. The molecule has 0 heterocycles. The average molecular weight is 329 g/mol. The van der Waals surface area contributed by atoms with Gasteiger partial charge in [0.25, 0.3) is 5.91 Å². The minimum atomic E-state index is -1.08. The number of rotatable bonds is 6. The largest absolute Gasteiger partial charge is 0.484 e. The SMILES string of the molecule is Cc1cc(OCC(=O)NNC(=O)CCC(=O)O)cc(C)c1Cl. The number of aliphatic carboxylic acids is 1. The highest BCUT2D eigenvalue weighted by Gasteiger charge is 2.09. The lowest BCUT2D eigenvalue weighted by Crippen LogP contribution is -2.43. The van der Waals surface area contributed by atoms with Crippen LogP contribution in [0.4, 0.5) is 0 Å². The second-order valence-electron chi connectivity index (χ2n) is 4.65. The molecule has 0 bridgehead atoms. The molecule has 0 aliphatic heterocycles. The number of carboxylic acids is 1. The van der Waals surface area contributed by atoms with Crippen molar-refractivity contribution in [2.75, 3.05) is 6.61 Å². The van der Waals surface area contributed by atoms with E-state index in [0.29, 0.717) is 10.8 Å². The number of ether oxygens (including phenoxy) is 1. The maximum Gasteiger partial charge on any atom is 0.303 e. The standard InChI is InChI=1S/C14H17ClN2O5/c1-8-5-10(6-9(2)14(8)15)22-7-12(19)17-16-11(18)3-4-13(20)21/h5-6H,3-4,7H2,1-2H3,(H,16,18)(H,17,19)(H,20,21). The van der Waals surface area contributed by atoms with Gasteiger partial charge in [-0.25, -0.2) is 0 Å². The van der Waals surface area contributed by atoms with E-state index in [-0.39, 0.29) is 19.4 Å². The molecule has 120 valence electrons. The predicted molar refractivity (Wildman–Crippen MR) is 79.6 cm³/mol. The molecular weight excluding hydrogens is 312 g/mol. The molecule has 0 aliphatic rings. The molecule has 0 saturated carbocycles. The summed E-state index contributed by atoms with van der Waals surface area (Å²) in [5.74, 6) is -1.74. The van der Waals surface area contributed by atoms with Crippen molar-refractivity contribution in [3.63, 3.8) is 0 Å². The summed E-state index contributed by atoms with van der Waals surface area (Å²) in [6, 6.07) is 3.40. The minimum Gasteiger partial charge on any atom is -0.484 e. The van der Waals surface area contributed by atoms with Crippen LogP contribution in [0.2, 0.25) is 5.02 Å². The molecule has 0 aromatic heterocycles. The summed E-state index contributed by atoms with van der Waals surface area (Å²) in [7, 11) is 0. The molecule has 1 rings (SSSR count). The van der Waals surface area contributed by atoms with E-state index in [0.717, 1.165) is 11.1 Å². The normalized spacial score (nSPS) is 9.95. The van der Waals surface area contributed by atoms with Crippen molar-refractivity contribution in [2.45, 2.75) is 26.7 Å². The molecule has 0 radical (unpaired) electrons. The van der Waals surface area contributed by atoms with Gasteiger partial charge in [0.2, 0.25) is 5.91 Å². The van der Waals surface area contributed by atoms with Gasteiger partial charge in [-0.05, 0) is 37.1 Å². The van der Waals surface area contributed by atoms with Crippen molar-refractivity contribution in [1.29, 1.82) is 0 Å². The number of hydrogen-bond donors (Lipinski definition) is 3. The van der Waals surface area contributed by atoms with Crippen LogP contribution in [-0.2, 0) is 14.4 Å². The fourth-order valence-corrected chi connectivity index (χ4v) is 1.71. The number of carboxylic acid groups (broad SMARTS) is 1. The molecule has 8 heteroatoms. The number of aryl methyl sites for hydroxylation is 2. The highest BCUT2D eigenvalue weighted by Crippen LogP contribution is 2.25. The number of halogens is 1. The monoisotopic (exact) mass is 328 g/mol. The molecule has 0 atom stereocenters. The van der Waals surface area contributed by atoms with Gasteiger partial charge in [-0.1, -0.05) is 11.6 Å². The van der Waals surface area contributed by atoms with Crippen LogP contribution in [0.25, 0.3) is 0 Å². The van der Waals surface area contributed by atoms with Crippen molar-refractivity contribution < 1.29 is 24.2 Å². The van der Waals surface area contributed by atoms with Crippen LogP contribution in [0.15, 0.2) is 12.1 Å². The average Bonchev–Trinajstić information content (AvgIpc) is 2.46. The highest BCUT2D eigenvalue weighted by atomic mass is 35.5. The molecule has 0 fully saturated rings. The first-order valence-corrected chi connectivity index (χ1v) is 6.86. The maximum absolute atomic E-state index is 11.5. The van der Waals surface area contributed by atoms with Gasteiger partial charge in [0.1, 0.15) is 5.75 Å². The van der Waals surface area contributed by atoms with Crippen molar-refractivity contribution >= 4 is 29.4 Å². The van der Waals surface area contributed by atoms with Crippen molar-refractivity contribution in [2.24, 2.45) is 0 Å². The third kappa shape index (κ3) is 6.01. The van der Waals surface area contributed by atoms with Crippen LogP contribution in [0.5, 0.6) is 5.75 Å². The van der Waals surface area contributed by atoms with Crippen LogP contribution in [0.3, 0.4) is 0 Å². The quantitative estimate of drug-likeness (QED) is 0.684. The van der Waals surface area contributed by atoms with Crippen molar-refractivity contribution in [3.8, 4) is 5.75 Å². The summed E-state index contributed by atoms with van der Waals surface area (Å²) in [6.07, 6.45) is -0.520. The Bertz CT molecular complexity index is 566. The zero-order valence-electron chi connectivity index (χ0n) is 12.2. The fraction of sp³-hybridized carbons (Fsp3) is 0.357. The number of benzene rings is 1. The van der Waals surface area contributed by atoms with Gasteiger partial charge in [0.15, 0.2) is 6.61 Å². The van der Waals surface area contributed by atoms with Gasteiger partial charge in [0.05, 0.1) is 6.42 Å². The molecule has 0 aliphatic carbocycles. The topological polar surface area (TPSA) is 105 Å². The smallest absolute Gasteiger partial charge is 0.303 e. The van der Waals surface area contributed by atoms with Gasteiger partial charge in [-0.3, -0.25) is 25.2 Å². The van der Waals surface area contributed by atoms with Gasteiger partial charge < -0.3 is 9.84 Å². The van der Waals surface area contributed by atoms with Gasteiger partial charge in [-0.2, -0.15) is 0 Å². The lowest BCUT2D eigenvalue weighted by Gasteiger charge is -2.10. The molecule has 22 heavy (non-hydrogen) atoms. The van der Waals surface area contributed by atoms with E-state index in [2.05, 4.69) is 10.9 Å². The molecule has 0 unspecified atom stereocenters. The third-order valence-electron chi connectivity index (χ3n) is 2.69. The Morgan fingerprint density at radius 3 is 2.18 bits per heavy atom. The zero-order valence-corrected chi connectivity index (χ0v) is 13.0. The van der Waals surface area contributed by atoms with E-state index >= 15 is 0 Å². The number of amides is 2. The summed E-state index contributed by atoms with van der Waals surface area (Å²) in [5, 5.41) is 9.06. The first-order chi connectivity index (χ1) is 10.3. The molecule has 7 nitrogen and oxygen atoms in total. The fourth-order valence-electron chi connectivity index (χ4n) is 1.60. The number of nitrogens with one attached hydrogen (secondary N) is 2. The second-order valence-corrected chi connectivity index (χ2v) is 5.03. The van der Waals surface area contributed by atoms with Gasteiger partial charge >= 0.3 is 5.97 Å². The lowest BCUT2D eigenvalue weighted by molar-refractivity contribution is -0.139. The number of carbonyl (C=O) groups is 3. The van der Waals surface area contributed by atoms with E-state index in [4.69, 9.17) is 21.4 Å². The Labute approximate surface area is 132 Å². The molecule has 1 aromatic rings. The summed E-state index contributed by atoms with van der Waals surface area (Å²) in [4.78, 5) is 33.0. The van der Waals surface area contributed by atoms with E-state index in [9.17, 15) is 14.4 Å². The Hall–Kier alpha value is -2.28. The van der Waals surface area contributed by atoms with E-state index in [1.54, 1.807) is 12.1 Å². The Morgan fingerprint density at radius 1 is 1.09 bits per heavy atom. The second kappa shape index (κ2) is 8.23. The van der Waals surface area contributed by atoms with E-state index in [1.165, 1.54) is 0 Å². The molecule has 1 aromatic carbocycles. The van der Waals surface area contributed by atoms with Gasteiger partial charge in [0, 0.05) is 11.4 Å². The number of carbonyl (C=O) groups excluding carboxylic acids is 2.